The van der Waals surface area contributed by atoms with E-state index in [1.54, 1.807) is 24.3 Å². The van der Waals surface area contributed by atoms with Gasteiger partial charge >= 0.3 is 5.97 Å². The van der Waals surface area contributed by atoms with Crippen molar-refractivity contribution in [2.24, 2.45) is 0 Å². The lowest BCUT2D eigenvalue weighted by molar-refractivity contribution is 0.0600. The van der Waals surface area contributed by atoms with Crippen LogP contribution in [0.5, 0.6) is 0 Å². The molecular formula is C20H20FNO2. The molecule has 0 unspecified atom stereocenters. The third-order valence-electron chi connectivity index (χ3n) is 4.05. The summed E-state index contributed by atoms with van der Waals surface area (Å²) in [6.45, 7) is 0.731. The average Bonchev–Trinajstić information content (AvgIpc) is 3.43. The molecule has 0 radical (unpaired) electrons. The van der Waals surface area contributed by atoms with Crippen molar-refractivity contribution in [1.82, 2.24) is 5.32 Å². The Balaban J connectivity index is 1.84. The largest absolute Gasteiger partial charge is 0.465 e. The predicted octanol–water partition coefficient (Wildman–Crippen LogP) is 3.90. The molecule has 1 aliphatic carbocycles. The van der Waals surface area contributed by atoms with Gasteiger partial charge in [0.2, 0.25) is 0 Å². The van der Waals surface area contributed by atoms with Gasteiger partial charge in [-0.2, -0.15) is 0 Å². The van der Waals surface area contributed by atoms with Crippen molar-refractivity contribution >= 4 is 17.6 Å². The molecule has 0 atom stereocenters. The van der Waals surface area contributed by atoms with Crippen LogP contribution in [-0.2, 0) is 4.74 Å². The van der Waals surface area contributed by atoms with Gasteiger partial charge in [0.1, 0.15) is 5.82 Å². The molecule has 3 rings (SSSR count). The molecule has 1 aliphatic rings. The number of rotatable bonds is 6. The molecular weight excluding hydrogens is 305 g/mol. The van der Waals surface area contributed by atoms with E-state index in [0.717, 1.165) is 23.2 Å². The van der Waals surface area contributed by atoms with E-state index < -0.39 is 0 Å². The molecule has 2 aromatic rings. The number of carbonyl (C=O) groups is 1. The number of carbonyl (C=O) groups excluding carboxylic acids is 1. The van der Waals surface area contributed by atoms with Gasteiger partial charge in [-0.25, -0.2) is 9.18 Å². The first-order valence-corrected chi connectivity index (χ1v) is 8.04. The molecule has 0 aromatic heterocycles. The van der Waals surface area contributed by atoms with Gasteiger partial charge < -0.3 is 10.1 Å². The molecule has 2 aromatic carbocycles. The number of hydrogen-bond donors (Lipinski definition) is 1. The fourth-order valence-electron chi connectivity index (χ4n) is 2.48. The monoisotopic (exact) mass is 325 g/mol. The molecule has 0 aliphatic heterocycles. The van der Waals surface area contributed by atoms with E-state index in [1.165, 1.54) is 32.1 Å². The summed E-state index contributed by atoms with van der Waals surface area (Å²) in [7, 11) is 1.37. The van der Waals surface area contributed by atoms with Crippen molar-refractivity contribution in [2.75, 3.05) is 13.7 Å². The van der Waals surface area contributed by atoms with E-state index in [2.05, 4.69) is 11.4 Å². The lowest BCUT2D eigenvalue weighted by atomic mass is 10.0. The summed E-state index contributed by atoms with van der Waals surface area (Å²) in [5, 5.41) is 3.49. The van der Waals surface area contributed by atoms with Crippen molar-refractivity contribution in [3.8, 4) is 0 Å². The summed E-state index contributed by atoms with van der Waals surface area (Å²) >= 11 is 0. The van der Waals surface area contributed by atoms with Crippen molar-refractivity contribution in [2.45, 2.75) is 18.9 Å². The van der Waals surface area contributed by atoms with Crippen molar-refractivity contribution in [3.63, 3.8) is 0 Å². The Bertz CT molecular complexity index is 731. The van der Waals surface area contributed by atoms with Crippen LogP contribution in [0.15, 0.2) is 48.5 Å². The van der Waals surface area contributed by atoms with Gasteiger partial charge in [0.15, 0.2) is 0 Å². The zero-order valence-corrected chi connectivity index (χ0v) is 13.6. The summed E-state index contributed by atoms with van der Waals surface area (Å²) in [5.41, 5.74) is 3.59. The Morgan fingerprint density at radius 1 is 1.12 bits per heavy atom. The van der Waals surface area contributed by atoms with Crippen LogP contribution >= 0.6 is 0 Å². The molecule has 1 fully saturated rings. The standard InChI is InChI=1S/C20H20FNO2/c1-24-20(23)16-4-2-14(3-5-16)12-17(13-22-19-10-11-19)15-6-8-18(21)9-7-15/h2-9,12,19,22H,10-11,13H2,1H3. The number of methoxy groups -OCH3 is 1. The fraction of sp³-hybridized carbons (Fsp3) is 0.250. The maximum absolute atomic E-state index is 13.2. The lowest BCUT2D eigenvalue weighted by Gasteiger charge is -2.10. The van der Waals surface area contributed by atoms with Crippen molar-refractivity contribution in [1.29, 1.82) is 0 Å². The van der Waals surface area contributed by atoms with E-state index in [9.17, 15) is 9.18 Å². The Morgan fingerprint density at radius 3 is 2.33 bits per heavy atom. The second-order valence-electron chi connectivity index (χ2n) is 5.95. The summed E-state index contributed by atoms with van der Waals surface area (Å²) in [6.07, 6.45) is 4.48. The van der Waals surface area contributed by atoms with E-state index >= 15 is 0 Å². The van der Waals surface area contributed by atoms with Crippen molar-refractivity contribution in [3.05, 3.63) is 71.0 Å². The minimum absolute atomic E-state index is 0.240. The van der Waals surface area contributed by atoms with Crippen LogP contribution in [0.1, 0.15) is 34.3 Å². The van der Waals surface area contributed by atoms with E-state index in [0.29, 0.717) is 11.6 Å². The first-order chi connectivity index (χ1) is 11.7. The quantitative estimate of drug-likeness (QED) is 0.646. The van der Waals surface area contributed by atoms with E-state index in [1.807, 2.05) is 12.1 Å². The Hall–Kier alpha value is -2.46. The first kappa shape index (κ1) is 16.4. The molecule has 1 N–H and O–H groups in total. The van der Waals surface area contributed by atoms with Crippen LogP contribution in [0, 0.1) is 5.82 Å². The number of benzene rings is 2. The number of halogens is 1. The highest BCUT2D eigenvalue weighted by molar-refractivity contribution is 5.90. The number of ether oxygens (including phenoxy) is 1. The highest BCUT2D eigenvalue weighted by Crippen LogP contribution is 2.23. The minimum atomic E-state index is -0.348. The van der Waals surface area contributed by atoms with E-state index in [-0.39, 0.29) is 11.8 Å². The number of esters is 1. The Morgan fingerprint density at radius 2 is 1.75 bits per heavy atom. The summed E-state index contributed by atoms with van der Waals surface area (Å²) in [4.78, 5) is 11.5. The predicted molar refractivity (Wildman–Crippen MR) is 93.1 cm³/mol. The molecule has 24 heavy (non-hydrogen) atoms. The second-order valence-corrected chi connectivity index (χ2v) is 5.95. The summed E-state index contributed by atoms with van der Waals surface area (Å²) < 4.78 is 17.9. The van der Waals surface area contributed by atoms with Crippen LogP contribution in [0.4, 0.5) is 4.39 Å². The normalized spacial score (nSPS) is 14.5. The third-order valence-corrected chi connectivity index (χ3v) is 4.05. The van der Waals surface area contributed by atoms with Gasteiger partial charge in [-0.15, -0.1) is 0 Å². The molecule has 0 saturated heterocycles. The molecule has 0 heterocycles. The molecule has 0 bridgehead atoms. The molecule has 4 heteroatoms. The maximum Gasteiger partial charge on any atom is 0.337 e. The highest BCUT2D eigenvalue weighted by Gasteiger charge is 2.20. The highest BCUT2D eigenvalue weighted by atomic mass is 19.1. The van der Waals surface area contributed by atoms with Crippen molar-refractivity contribution < 1.29 is 13.9 Å². The van der Waals surface area contributed by atoms with Crippen LogP contribution < -0.4 is 5.32 Å². The molecule has 0 amide bonds. The SMILES string of the molecule is COC(=O)c1ccc(C=C(CNC2CC2)c2ccc(F)cc2)cc1. The topological polar surface area (TPSA) is 38.3 Å². The first-order valence-electron chi connectivity index (χ1n) is 8.04. The van der Waals surface area contributed by atoms with Gasteiger partial charge in [0, 0.05) is 12.6 Å². The lowest BCUT2D eigenvalue weighted by Crippen LogP contribution is -2.18. The summed E-state index contributed by atoms with van der Waals surface area (Å²) in [6, 6.07) is 14.4. The average molecular weight is 325 g/mol. The smallest absolute Gasteiger partial charge is 0.337 e. The van der Waals surface area contributed by atoms with E-state index in [4.69, 9.17) is 4.74 Å². The van der Waals surface area contributed by atoms with Crippen LogP contribution in [0.25, 0.3) is 11.6 Å². The minimum Gasteiger partial charge on any atom is -0.465 e. The summed E-state index contributed by atoms with van der Waals surface area (Å²) in [5.74, 6) is -0.588. The molecule has 0 spiro atoms. The second kappa shape index (κ2) is 7.41. The van der Waals surface area contributed by atoms with Crippen LogP contribution in [-0.4, -0.2) is 25.7 Å². The van der Waals surface area contributed by atoms with Gasteiger partial charge in [-0.3, -0.25) is 0 Å². The zero-order chi connectivity index (χ0) is 16.9. The molecule has 124 valence electrons. The van der Waals surface area contributed by atoms with Gasteiger partial charge in [-0.05, 0) is 59.9 Å². The fourth-order valence-corrected chi connectivity index (χ4v) is 2.48. The zero-order valence-electron chi connectivity index (χ0n) is 13.6. The Labute approximate surface area is 141 Å². The van der Waals surface area contributed by atoms with Crippen LogP contribution in [0.2, 0.25) is 0 Å². The molecule has 3 nitrogen and oxygen atoms in total. The number of hydrogen-bond acceptors (Lipinski definition) is 3. The maximum atomic E-state index is 13.2. The number of nitrogens with one attached hydrogen (secondary N) is 1. The van der Waals surface area contributed by atoms with Gasteiger partial charge in [0.05, 0.1) is 12.7 Å². The Kier molecular flexibility index (Phi) is 5.06. The van der Waals surface area contributed by atoms with Gasteiger partial charge in [-0.1, -0.05) is 24.3 Å². The van der Waals surface area contributed by atoms with Gasteiger partial charge in [0.25, 0.3) is 0 Å². The molecule has 1 saturated carbocycles. The third kappa shape index (κ3) is 4.30. The van der Waals surface area contributed by atoms with Crippen LogP contribution in [0.3, 0.4) is 0 Å².